The Morgan fingerprint density at radius 3 is 2.02 bits per heavy atom. The summed E-state index contributed by atoms with van der Waals surface area (Å²) >= 11 is 0. The minimum atomic E-state index is -1.77. The minimum absolute atomic E-state index is 0.0139. The maximum atomic E-state index is 13.6. The van der Waals surface area contributed by atoms with Gasteiger partial charge in [0.05, 0.1) is 25.7 Å². The van der Waals surface area contributed by atoms with E-state index in [9.17, 15) is 49.5 Å². The molecule has 0 saturated carbocycles. The normalized spacial score (nSPS) is 21.8. The van der Waals surface area contributed by atoms with Crippen LogP contribution in [0.2, 0.25) is 0 Å². The lowest BCUT2D eigenvalue weighted by Crippen LogP contribution is -2.66. The number of hydrogen-bond acceptors (Lipinski definition) is 12. The standard InChI is InChI=1S/C34H48N6O11/c1-18(2)12-23(33(49)40-28-30(46)29(45)25(17-41)51-34(28)50)39-32(48)24(14-19-6-4-3-5-7-19)38-27(44)16-36-26(43)15-37-31(47)22(35)13-20-8-10-21(42)11-9-20/h3-11,18,22-25,28-30,34,41-42,45-46,50H,12-17,35H2,1-2H3,(H,36,43)(H,37,47)(H,38,44)(H,39,48)(H,40,49)/t22-,23-,24-,25+,28+,29+,30+,34?/m0/s1. The molecule has 1 fully saturated rings. The molecule has 17 nitrogen and oxygen atoms in total. The third kappa shape index (κ3) is 12.9. The number of nitrogens with one attached hydrogen (secondary N) is 5. The molecule has 5 amide bonds. The second kappa shape index (κ2) is 19.7. The van der Waals surface area contributed by atoms with Gasteiger partial charge in [-0.1, -0.05) is 56.3 Å². The maximum absolute atomic E-state index is 13.6. The van der Waals surface area contributed by atoms with Gasteiger partial charge >= 0.3 is 0 Å². The Kier molecular flexibility index (Phi) is 15.7. The van der Waals surface area contributed by atoms with Gasteiger partial charge in [-0.3, -0.25) is 24.0 Å². The summed E-state index contributed by atoms with van der Waals surface area (Å²) in [4.78, 5) is 64.6. The van der Waals surface area contributed by atoms with Gasteiger partial charge in [0.15, 0.2) is 6.29 Å². The highest BCUT2D eigenvalue weighted by Crippen LogP contribution is 2.20. The van der Waals surface area contributed by atoms with E-state index >= 15 is 0 Å². The number of benzene rings is 2. The van der Waals surface area contributed by atoms with Gasteiger partial charge in [-0.2, -0.15) is 0 Å². The first-order chi connectivity index (χ1) is 24.2. The van der Waals surface area contributed by atoms with Crippen LogP contribution < -0.4 is 32.3 Å². The fraction of sp³-hybridized carbons (Fsp3) is 0.500. The van der Waals surface area contributed by atoms with E-state index in [2.05, 4.69) is 26.6 Å². The van der Waals surface area contributed by atoms with Crippen LogP contribution >= 0.6 is 0 Å². The van der Waals surface area contributed by atoms with Gasteiger partial charge in [-0.25, -0.2) is 0 Å². The lowest BCUT2D eigenvalue weighted by atomic mass is 9.96. The average Bonchev–Trinajstić information content (AvgIpc) is 3.10. The monoisotopic (exact) mass is 716 g/mol. The number of carbonyl (C=O) groups is 5. The number of phenols is 1. The molecule has 2 aromatic carbocycles. The number of phenolic OH excluding ortho intramolecular Hbond substituents is 1. The Bertz CT molecular complexity index is 1460. The third-order valence-corrected chi connectivity index (χ3v) is 8.08. The van der Waals surface area contributed by atoms with E-state index in [-0.39, 0.29) is 30.9 Å². The zero-order valence-electron chi connectivity index (χ0n) is 28.4. The number of aliphatic hydroxyl groups is 4. The van der Waals surface area contributed by atoms with Gasteiger partial charge in [0.2, 0.25) is 29.5 Å². The highest BCUT2D eigenvalue weighted by atomic mass is 16.6. The molecule has 12 N–H and O–H groups in total. The van der Waals surface area contributed by atoms with Crippen LogP contribution in [0.4, 0.5) is 0 Å². The van der Waals surface area contributed by atoms with Crippen molar-refractivity contribution in [2.24, 2.45) is 11.7 Å². The van der Waals surface area contributed by atoms with Crippen molar-refractivity contribution in [1.82, 2.24) is 26.6 Å². The van der Waals surface area contributed by atoms with Crippen molar-refractivity contribution in [1.29, 1.82) is 0 Å². The van der Waals surface area contributed by atoms with E-state index in [1.54, 1.807) is 56.3 Å². The molecule has 1 aliphatic rings. The van der Waals surface area contributed by atoms with E-state index < -0.39 is 98.0 Å². The van der Waals surface area contributed by atoms with Crippen molar-refractivity contribution in [3.8, 4) is 5.75 Å². The molecule has 8 atom stereocenters. The number of aromatic hydroxyl groups is 1. The smallest absolute Gasteiger partial charge is 0.243 e. The van der Waals surface area contributed by atoms with Crippen LogP contribution in [0.3, 0.4) is 0 Å². The van der Waals surface area contributed by atoms with Crippen molar-refractivity contribution < 1.29 is 54.2 Å². The van der Waals surface area contributed by atoms with Crippen molar-refractivity contribution in [3.63, 3.8) is 0 Å². The van der Waals surface area contributed by atoms with Gasteiger partial charge in [0, 0.05) is 6.42 Å². The molecular weight excluding hydrogens is 668 g/mol. The number of amides is 5. The molecule has 0 spiro atoms. The second-order valence-electron chi connectivity index (χ2n) is 12.7. The Morgan fingerprint density at radius 1 is 0.765 bits per heavy atom. The molecule has 1 aliphatic heterocycles. The molecule has 51 heavy (non-hydrogen) atoms. The highest BCUT2D eigenvalue weighted by molar-refractivity contribution is 5.94. The fourth-order valence-electron chi connectivity index (χ4n) is 5.32. The topological polar surface area (TPSA) is 282 Å². The summed E-state index contributed by atoms with van der Waals surface area (Å²) in [6.07, 6.45) is -6.06. The first kappa shape index (κ1) is 40.8. The lowest BCUT2D eigenvalue weighted by molar-refractivity contribution is -0.254. The number of rotatable bonds is 17. The van der Waals surface area contributed by atoms with E-state index in [4.69, 9.17) is 10.5 Å². The van der Waals surface area contributed by atoms with Gasteiger partial charge in [0.25, 0.3) is 0 Å². The SMILES string of the molecule is CC(C)C[C@H](NC(=O)[C@H](Cc1ccccc1)NC(=O)CNC(=O)CNC(=O)[C@@H](N)Cc1ccc(O)cc1)C(=O)N[C@H]1C(O)O[C@H](CO)[C@@H](O)[C@@H]1O. The molecule has 1 saturated heterocycles. The molecule has 17 heteroatoms. The zero-order valence-corrected chi connectivity index (χ0v) is 28.4. The van der Waals surface area contributed by atoms with Gasteiger partial charge in [-0.05, 0) is 42.0 Å². The van der Waals surface area contributed by atoms with Crippen LogP contribution in [-0.4, -0.2) is 124 Å². The number of nitrogens with two attached hydrogens (primary N) is 1. The summed E-state index contributed by atoms with van der Waals surface area (Å²) < 4.78 is 5.11. The van der Waals surface area contributed by atoms with Crippen LogP contribution in [0.25, 0.3) is 0 Å². The minimum Gasteiger partial charge on any atom is -0.508 e. The molecule has 0 bridgehead atoms. The van der Waals surface area contributed by atoms with Crippen LogP contribution in [-0.2, 0) is 41.6 Å². The Hall–Kier alpha value is -4.65. The predicted molar refractivity (Wildman–Crippen MR) is 181 cm³/mol. The molecule has 0 aromatic heterocycles. The Balaban J connectivity index is 1.60. The average molecular weight is 717 g/mol. The quantitative estimate of drug-likeness (QED) is 0.0767. The fourth-order valence-corrected chi connectivity index (χ4v) is 5.32. The molecule has 0 radical (unpaired) electrons. The molecule has 1 heterocycles. The Morgan fingerprint density at radius 2 is 1.39 bits per heavy atom. The number of carbonyl (C=O) groups excluding carboxylic acids is 5. The Labute approximate surface area is 294 Å². The van der Waals surface area contributed by atoms with Crippen LogP contribution in [0, 0.1) is 5.92 Å². The summed E-state index contributed by atoms with van der Waals surface area (Å²) in [7, 11) is 0. The van der Waals surface area contributed by atoms with E-state index in [1.165, 1.54) is 12.1 Å². The first-order valence-electron chi connectivity index (χ1n) is 16.5. The van der Waals surface area contributed by atoms with E-state index in [0.717, 1.165) is 0 Å². The summed E-state index contributed by atoms with van der Waals surface area (Å²) in [6.45, 7) is 1.90. The second-order valence-corrected chi connectivity index (χ2v) is 12.7. The molecule has 280 valence electrons. The van der Waals surface area contributed by atoms with Gasteiger partial charge < -0.3 is 62.6 Å². The number of aliphatic hydroxyl groups excluding tert-OH is 4. The lowest BCUT2D eigenvalue weighted by Gasteiger charge is -2.40. The highest BCUT2D eigenvalue weighted by Gasteiger charge is 2.45. The van der Waals surface area contributed by atoms with Crippen molar-refractivity contribution in [2.75, 3.05) is 19.7 Å². The first-order valence-corrected chi connectivity index (χ1v) is 16.5. The molecule has 0 aliphatic carbocycles. The zero-order chi connectivity index (χ0) is 37.7. The summed E-state index contributed by atoms with van der Waals surface area (Å²) in [6, 6.07) is 10.00. The number of hydrogen-bond donors (Lipinski definition) is 11. The van der Waals surface area contributed by atoms with E-state index in [1.807, 2.05) is 0 Å². The van der Waals surface area contributed by atoms with Crippen LogP contribution in [0.15, 0.2) is 54.6 Å². The van der Waals surface area contributed by atoms with Gasteiger partial charge in [-0.15, -0.1) is 0 Å². The molecule has 1 unspecified atom stereocenters. The van der Waals surface area contributed by atoms with Crippen molar-refractivity contribution >= 4 is 29.5 Å². The molecule has 3 rings (SSSR count). The predicted octanol–water partition coefficient (Wildman–Crippen LogP) is -3.33. The molecular formula is C34H48N6O11. The number of ether oxygens (including phenoxy) is 1. The van der Waals surface area contributed by atoms with Gasteiger partial charge in [0.1, 0.15) is 42.2 Å². The summed E-state index contributed by atoms with van der Waals surface area (Å²) in [5.74, 6) is -3.64. The van der Waals surface area contributed by atoms with Crippen LogP contribution in [0.1, 0.15) is 31.4 Å². The van der Waals surface area contributed by atoms with E-state index in [0.29, 0.717) is 11.1 Å². The maximum Gasteiger partial charge on any atom is 0.243 e. The molecule has 2 aromatic rings. The summed E-state index contributed by atoms with van der Waals surface area (Å²) in [5, 5.41) is 62.1. The summed E-state index contributed by atoms with van der Waals surface area (Å²) in [5.41, 5.74) is 7.30. The largest absolute Gasteiger partial charge is 0.508 e. The van der Waals surface area contributed by atoms with Crippen molar-refractivity contribution in [2.45, 2.75) is 81.9 Å². The van der Waals surface area contributed by atoms with Crippen LogP contribution in [0.5, 0.6) is 5.75 Å². The third-order valence-electron chi connectivity index (χ3n) is 8.08. The van der Waals surface area contributed by atoms with Crippen molar-refractivity contribution in [3.05, 3.63) is 65.7 Å².